The standard InChI is InChI=1S/C20H20Cl2N8O/c1-20(2)14-12(15(29-28-14)24-18-26-16(21)25-17(22)27-18)9-30(20)19(31)23-13-8-11(13)10-6-4-3-5-7-10/h3-7,11,13H,8-9H2,1-2H3,(H,23,31)(H2,24,25,26,27,28,29)/t11-,13+/m0/s1. The Hall–Kier alpha value is -2.91. The van der Waals surface area contributed by atoms with Crippen molar-refractivity contribution >= 4 is 41.0 Å². The van der Waals surface area contributed by atoms with Gasteiger partial charge in [0.2, 0.25) is 16.5 Å². The molecule has 2 aliphatic rings. The summed E-state index contributed by atoms with van der Waals surface area (Å²) in [7, 11) is 0. The number of anilines is 2. The number of aromatic amines is 1. The number of fused-ring (bicyclic) bond motifs is 1. The average molecular weight is 459 g/mol. The van der Waals surface area contributed by atoms with Crippen LogP contribution < -0.4 is 10.6 Å². The van der Waals surface area contributed by atoms with Crippen LogP contribution in [-0.4, -0.2) is 42.1 Å². The van der Waals surface area contributed by atoms with Gasteiger partial charge in [-0.3, -0.25) is 5.10 Å². The fourth-order valence-corrected chi connectivity index (χ4v) is 4.46. The summed E-state index contributed by atoms with van der Waals surface area (Å²) in [5, 5.41) is 13.5. The van der Waals surface area contributed by atoms with E-state index in [0.717, 1.165) is 17.7 Å². The minimum atomic E-state index is -0.558. The van der Waals surface area contributed by atoms with Gasteiger partial charge in [0.1, 0.15) is 0 Å². The summed E-state index contributed by atoms with van der Waals surface area (Å²) in [6.07, 6.45) is 0.949. The summed E-state index contributed by atoms with van der Waals surface area (Å²) in [5.41, 5.74) is 2.41. The van der Waals surface area contributed by atoms with Gasteiger partial charge in [-0.05, 0) is 49.0 Å². The van der Waals surface area contributed by atoms with Crippen LogP contribution in [-0.2, 0) is 12.1 Å². The molecule has 2 amide bonds. The van der Waals surface area contributed by atoms with Crippen LogP contribution in [0.4, 0.5) is 16.6 Å². The van der Waals surface area contributed by atoms with E-state index in [9.17, 15) is 4.79 Å². The van der Waals surface area contributed by atoms with Gasteiger partial charge in [0.25, 0.3) is 0 Å². The number of halogens is 2. The topological polar surface area (TPSA) is 112 Å². The lowest BCUT2D eigenvalue weighted by Gasteiger charge is -2.32. The van der Waals surface area contributed by atoms with Crippen molar-refractivity contribution in [2.75, 3.05) is 5.32 Å². The molecule has 3 heterocycles. The van der Waals surface area contributed by atoms with Crippen molar-refractivity contribution in [3.63, 3.8) is 0 Å². The molecule has 2 aromatic heterocycles. The van der Waals surface area contributed by atoms with Crippen LogP contribution in [0.1, 0.15) is 43.0 Å². The van der Waals surface area contributed by atoms with E-state index in [1.54, 1.807) is 4.90 Å². The van der Waals surface area contributed by atoms with Gasteiger partial charge < -0.3 is 15.5 Å². The van der Waals surface area contributed by atoms with E-state index in [1.807, 2.05) is 32.0 Å². The molecule has 11 heteroatoms. The van der Waals surface area contributed by atoms with Gasteiger partial charge in [-0.25, -0.2) is 4.79 Å². The van der Waals surface area contributed by atoms with Gasteiger partial charge >= 0.3 is 6.03 Å². The summed E-state index contributed by atoms with van der Waals surface area (Å²) in [4.78, 5) is 26.7. The van der Waals surface area contributed by atoms with E-state index in [-0.39, 0.29) is 28.6 Å². The van der Waals surface area contributed by atoms with Crippen LogP contribution in [0.2, 0.25) is 10.6 Å². The molecule has 1 aromatic carbocycles. The van der Waals surface area contributed by atoms with Crippen molar-refractivity contribution in [3.8, 4) is 0 Å². The lowest BCUT2D eigenvalue weighted by molar-refractivity contribution is 0.142. The van der Waals surface area contributed by atoms with E-state index in [2.05, 4.69) is 47.9 Å². The van der Waals surface area contributed by atoms with Gasteiger partial charge in [-0.15, -0.1) is 0 Å². The number of benzene rings is 1. The first-order valence-electron chi connectivity index (χ1n) is 9.88. The minimum Gasteiger partial charge on any atom is -0.335 e. The lowest BCUT2D eigenvalue weighted by atomic mass is 10.0. The molecule has 1 fully saturated rings. The predicted octanol–water partition coefficient (Wildman–Crippen LogP) is 3.96. The Bertz CT molecular complexity index is 1130. The smallest absolute Gasteiger partial charge is 0.318 e. The Balaban J connectivity index is 1.31. The highest BCUT2D eigenvalue weighted by Crippen LogP contribution is 2.43. The van der Waals surface area contributed by atoms with Crippen LogP contribution in [0.15, 0.2) is 30.3 Å². The zero-order valence-electron chi connectivity index (χ0n) is 16.9. The van der Waals surface area contributed by atoms with Crippen molar-refractivity contribution in [2.24, 2.45) is 0 Å². The van der Waals surface area contributed by atoms with Crippen LogP contribution in [0.5, 0.6) is 0 Å². The molecule has 9 nitrogen and oxygen atoms in total. The lowest BCUT2D eigenvalue weighted by Crippen LogP contribution is -2.47. The van der Waals surface area contributed by atoms with Crippen LogP contribution in [0.25, 0.3) is 0 Å². The number of H-pyrrole nitrogens is 1. The Morgan fingerprint density at radius 2 is 1.87 bits per heavy atom. The molecule has 31 heavy (non-hydrogen) atoms. The van der Waals surface area contributed by atoms with Crippen LogP contribution in [0.3, 0.4) is 0 Å². The fraction of sp³-hybridized carbons (Fsp3) is 0.350. The molecule has 0 bridgehead atoms. The van der Waals surface area contributed by atoms with Crippen molar-refractivity contribution in [2.45, 2.75) is 44.3 Å². The van der Waals surface area contributed by atoms with Crippen molar-refractivity contribution < 1.29 is 4.79 Å². The molecule has 3 N–H and O–H groups in total. The maximum Gasteiger partial charge on any atom is 0.318 e. The van der Waals surface area contributed by atoms with E-state index in [1.165, 1.54) is 5.56 Å². The summed E-state index contributed by atoms with van der Waals surface area (Å²) < 4.78 is 0. The Morgan fingerprint density at radius 1 is 1.16 bits per heavy atom. The number of urea groups is 1. The first-order chi connectivity index (χ1) is 14.8. The summed E-state index contributed by atoms with van der Waals surface area (Å²) in [6.45, 7) is 4.36. The zero-order chi connectivity index (χ0) is 21.8. The van der Waals surface area contributed by atoms with E-state index in [0.29, 0.717) is 18.3 Å². The molecule has 1 aliphatic carbocycles. The van der Waals surface area contributed by atoms with E-state index < -0.39 is 5.54 Å². The van der Waals surface area contributed by atoms with Gasteiger partial charge in [-0.1, -0.05) is 30.3 Å². The Labute approximate surface area is 188 Å². The monoisotopic (exact) mass is 458 g/mol. The third kappa shape index (κ3) is 3.68. The number of hydrogen-bond acceptors (Lipinski definition) is 6. The van der Waals surface area contributed by atoms with Gasteiger partial charge in [0.15, 0.2) is 5.82 Å². The second kappa shape index (κ2) is 7.35. The largest absolute Gasteiger partial charge is 0.335 e. The molecule has 1 aliphatic heterocycles. The van der Waals surface area contributed by atoms with Crippen molar-refractivity contribution in [1.29, 1.82) is 0 Å². The zero-order valence-corrected chi connectivity index (χ0v) is 18.4. The highest BCUT2D eigenvalue weighted by molar-refractivity contribution is 6.31. The molecule has 0 radical (unpaired) electrons. The van der Waals surface area contributed by atoms with Crippen molar-refractivity contribution in [1.82, 2.24) is 35.4 Å². The van der Waals surface area contributed by atoms with Gasteiger partial charge in [0, 0.05) is 17.5 Å². The van der Waals surface area contributed by atoms with Crippen LogP contribution >= 0.6 is 23.2 Å². The number of amides is 2. The second-order valence-electron chi connectivity index (χ2n) is 8.20. The number of rotatable bonds is 4. The number of carbonyl (C=O) groups excluding carboxylic acids is 1. The third-order valence-electron chi connectivity index (χ3n) is 5.85. The second-order valence-corrected chi connectivity index (χ2v) is 8.88. The number of hydrogen-bond donors (Lipinski definition) is 3. The van der Waals surface area contributed by atoms with Crippen molar-refractivity contribution in [3.05, 3.63) is 57.7 Å². The molecule has 160 valence electrons. The molecule has 0 spiro atoms. The summed E-state index contributed by atoms with van der Waals surface area (Å²) in [5.74, 6) is 1.07. The average Bonchev–Trinajstić information content (AvgIpc) is 3.27. The molecule has 0 saturated heterocycles. The number of nitrogens with one attached hydrogen (secondary N) is 3. The molecular formula is C20H20Cl2N8O. The molecule has 1 saturated carbocycles. The minimum absolute atomic E-state index is 0.0200. The number of carbonyl (C=O) groups is 1. The molecule has 0 unspecified atom stereocenters. The highest BCUT2D eigenvalue weighted by Gasteiger charge is 2.46. The Kier molecular flexibility index (Phi) is 4.75. The first-order valence-corrected chi connectivity index (χ1v) is 10.6. The summed E-state index contributed by atoms with van der Waals surface area (Å²) >= 11 is 11.7. The number of aromatic nitrogens is 5. The van der Waals surface area contributed by atoms with E-state index in [4.69, 9.17) is 23.2 Å². The van der Waals surface area contributed by atoms with Gasteiger partial charge in [0.05, 0.1) is 17.8 Å². The van der Waals surface area contributed by atoms with Crippen LogP contribution in [0, 0.1) is 0 Å². The number of nitrogens with zero attached hydrogens (tertiary/aromatic N) is 5. The SMILES string of the molecule is CC1(C)c2[nH]nc(Nc3nc(Cl)nc(Cl)n3)c2CN1C(=O)N[C@@H]1C[C@H]1c1ccccc1. The fourth-order valence-electron chi connectivity index (χ4n) is 4.09. The normalized spacial score (nSPS) is 21.0. The Morgan fingerprint density at radius 3 is 2.58 bits per heavy atom. The molecular weight excluding hydrogens is 439 g/mol. The molecule has 3 aromatic rings. The molecule has 5 rings (SSSR count). The maximum absolute atomic E-state index is 13.1. The quantitative estimate of drug-likeness (QED) is 0.545. The maximum atomic E-state index is 13.1. The first kappa shape index (κ1) is 20.0. The van der Waals surface area contributed by atoms with E-state index >= 15 is 0 Å². The highest BCUT2D eigenvalue weighted by atomic mass is 35.5. The third-order valence-corrected chi connectivity index (χ3v) is 6.19. The molecule has 2 atom stereocenters. The van der Waals surface area contributed by atoms with Gasteiger partial charge in [-0.2, -0.15) is 20.1 Å². The summed E-state index contributed by atoms with van der Waals surface area (Å²) in [6, 6.07) is 10.3. The predicted molar refractivity (Wildman–Crippen MR) is 116 cm³/mol.